The molecule has 0 unspecified atom stereocenters. The highest BCUT2D eigenvalue weighted by atomic mass is 32.1. The van der Waals surface area contributed by atoms with E-state index >= 15 is 0 Å². The molecule has 0 spiro atoms. The van der Waals surface area contributed by atoms with Crippen LogP contribution in [0.15, 0.2) is 29.6 Å². The monoisotopic (exact) mass is 260 g/mol. The molecular formula is C15H20N2S. The Bertz CT molecular complexity index is 523. The van der Waals surface area contributed by atoms with Gasteiger partial charge in [-0.25, -0.2) is 4.98 Å². The molecule has 0 aliphatic carbocycles. The molecule has 0 saturated heterocycles. The predicted octanol–water partition coefficient (Wildman–Crippen LogP) is 4.01. The predicted molar refractivity (Wildman–Crippen MR) is 78.9 cm³/mol. The zero-order chi connectivity index (χ0) is 13.2. The first-order valence-electron chi connectivity index (χ1n) is 6.20. The lowest BCUT2D eigenvalue weighted by Crippen LogP contribution is -2.35. The highest BCUT2D eigenvalue weighted by molar-refractivity contribution is 7.13. The van der Waals surface area contributed by atoms with Gasteiger partial charge in [-0.3, -0.25) is 0 Å². The molecule has 1 N–H and O–H groups in total. The molecule has 1 heterocycles. The number of nitrogens with zero attached hydrogens (tertiary/aromatic N) is 1. The first-order chi connectivity index (χ1) is 8.44. The first kappa shape index (κ1) is 13.2. The molecule has 96 valence electrons. The maximum absolute atomic E-state index is 4.68. The lowest BCUT2D eigenvalue weighted by molar-refractivity contribution is 0.422. The first-order valence-corrected chi connectivity index (χ1v) is 7.08. The van der Waals surface area contributed by atoms with Gasteiger partial charge in [-0.1, -0.05) is 23.8 Å². The summed E-state index contributed by atoms with van der Waals surface area (Å²) in [4.78, 5) is 4.68. The van der Waals surface area contributed by atoms with Crippen molar-refractivity contribution < 1.29 is 0 Å². The van der Waals surface area contributed by atoms with Gasteiger partial charge in [0.15, 0.2) is 0 Å². The second-order valence-electron chi connectivity index (χ2n) is 5.62. The molecule has 0 amide bonds. The maximum Gasteiger partial charge on any atom is 0.123 e. The summed E-state index contributed by atoms with van der Waals surface area (Å²) < 4.78 is 0. The second-order valence-corrected chi connectivity index (χ2v) is 6.48. The minimum Gasteiger partial charge on any atom is -0.306 e. The summed E-state index contributed by atoms with van der Waals surface area (Å²) in [6.07, 6.45) is 0. The van der Waals surface area contributed by atoms with Crippen LogP contribution in [0, 0.1) is 6.92 Å². The van der Waals surface area contributed by atoms with E-state index in [4.69, 9.17) is 0 Å². The smallest absolute Gasteiger partial charge is 0.123 e. The molecule has 2 nitrogen and oxygen atoms in total. The van der Waals surface area contributed by atoms with E-state index in [0.29, 0.717) is 0 Å². The third-order valence-electron chi connectivity index (χ3n) is 2.62. The Labute approximate surface area is 113 Å². The van der Waals surface area contributed by atoms with Crippen LogP contribution in [0.5, 0.6) is 0 Å². The minimum atomic E-state index is 0.132. The quantitative estimate of drug-likeness (QED) is 0.902. The van der Waals surface area contributed by atoms with Crippen LogP contribution in [0.3, 0.4) is 0 Å². The number of nitrogens with one attached hydrogen (secondary N) is 1. The molecule has 3 heteroatoms. The van der Waals surface area contributed by atoms with Crippen LogP contribution < -0.4 is 5.32 Å². The Balaban J connectivity index is 2.11. The minimum absolute atomic E-state index is 0.132. The van der Waals surface area contributed by atoms with Gasteiger partial charge in [-0.15, -0.1) is 11.3 Å². The number of aromatic nitrogens is 1. The van der Waals surface area contributed by atoms with Crippen molar-refractivity contribution in [2.75, 3.05) is 0 Å². The summed E-state index contributed by atoms with van der Waals surface area (Å²) in [5.74, 6) is 0. The van der Waals surface area contributed by atoms with E-state index in [1.165, 1.54) is 11.1 Å². The van der Waals surface area contributed by atoms with Crippen LogP contribution in [0.2, 0.25) is 0 Å². The number of benzene rings is 1. The molecule has 0 radical (unpaired) electrons. The van der Waals surface area contributed by atoms with Crippen molar-refractivity contribution in [3.05, 3.63) is 40.9 Å². The molecule has 1 aromatic carbocycles. The summed E-state index contributed by atoms with van der Waals surface area (Å²) in [6, 6.07) is 8.49. The summed E-state index contributed by atoms with van der Waals surface area (Å²) in [5.41, 5.74) is 3.73. The fourth-order valence-electron chi connectivity index (χ4n) is 1.65. The number of rotatable bonds is 3. The third kappa shape index (κ3) is 3.65. The SMILES string of the molecule is Cc1cccc(-c2nc(CNC(C)(C)C)cs2)c1. The average molecular weight is 260 g/mol. The van der Waals surface area contributed by atoms with Gasteiger partial charge < -0.3 is 5.32 Å². The van der Waals surface area contributed by atoms with E-state index < -0.39 is 0 Å². The van der Waals surface area contributed by atoms with Gasteiger partial charge >= 0.3 is 0 Å². The lowest BCUT2D eigenvalue weighted by Gasteiger charge is -2.19. The molecular weight excluding hydrogens is 240 g/mol. The number of aryl methyl sites for hydroxylation is 1. The van der Waals surface area contributed by atoms with Gasteiger partial charge in [-0.2, -0.15) is 0 Å². The zero-order valence-corrected chi connectivity index (χ0v) is 12.3. The van der Waals surface area contributed by atoms with Crippen molar-refractivity contribution in [1.29, 1.82) is 0 Å². The fourth-order valence-corrected chi connectivity index (χ4v) is 2.47. The Morgan fingerprint density at radius 2 is 2.06 bits per heavy atom. The van der Waals surface area contributed by atoms with Crippen LogP contribution in [0.25, 0.3) is 10.6 Å². The highest BCUT2D eigenvalue weighted by Gasteiger charge is 2.10. The summed E-state index contributed by atoms with van der Waals surface area (Å²) in [7, 11) is 0. The van der Waals surface area contributed by atoms with Gasteiger partial charge in [0.25, 0.3) is 0 Å². The van der Waals surface area contributed by atoms with E-state index in [1.54, 1.807) is 11.3 Å². The molecule has 18 heavy (non-hydrogen) atoms. The topological polar surface area (TPSA) is 24.9 Å². The standard InChI is InChI=1S/C15H20N2S/c1-11-6-5-7-12(8-11)14-17-13(10-18-14)9-16-15(2,3)4/h5-8,10,16H,9H2,1-4H3. The van der Waals surface area contributed by atoms with Crippen molar-refractivity contribution in [3.8, 4) is 10.6 Å². The van der Waals surface area contributed by atoms with Crippen molar-refractivity contribution in [1.82, 2.24) is 10.3 Å². The van der Waals surface area contributed by atoms with Gasteiger partial charge in [-0.05, 0) is 33.8 Å². The fraction of sp³-hybridized carbons (Fsp3) is 0.400. The number of hydrogen-bond acceptors (Lipinski definition) is 3. The maximum atomic E-state index is 4.68. The Morgan fingerprint density at radius 1 is 1.28 bits per heavy atom. The van der Waals surface area contributed by atoms with E-state index in [0.717, 1.165) is 17.2 Å². The van der Waals surface area contributed by atoms with E-state index in [-0.39, 0.29) is 5.54 Å². The summed E-state index contributed by atoms with van der Waals surface area (Å²) in [5, 5.41) is 6.70. The van der Waals surface area contributed by atoms with Crippen LogP contribution in [-0.4, -0.2) is 10.5 Å². The van der Waals surface area contributed by atoms with Crippen molar-refractivity contribution in [3.63, 3.8) is 0 Å². The Hall–Kier alpha value is -1.19. The van der Waals surface area contributed by atoms with Crippen LogP contribution >= 0.6 is 11.3 Å². The van der Waals surface area contributed by atoms with E-state index in [9.17, 15) is 0 Å². The Morgan fingerprint density at radius 3 is 2.72 bits per heavy atom. The average Bonchev–Trinajstić information content (AvgIpc) is 2.74. The number of hydrogen-bond donors (Lipinski definition) is 1. The third-order valence-corrected chi connectivity index (χ3v) is 3.56. The molecule has 1 aromatic heterocycles. The van der Waals surface area contributed by atoms with Gasteiger partial charge in [0.05, 0.1) is 5.69 Å². The molecule has 0 aliphatic rings. The molecule has 2 rings (SSSR count). The van der Waals surface area contributed by atoms with Gasteiger partial charge in [0, 0.05) is 23.0 Å². The van der Waals surface area contributed by atoms with E-state index in [2.05, 4.69) is 67.6 Å². The zero-order valence-electron chi connectivity index (χ0n) is 11.4. The highest BCUT2D eigenvalue weighted by Crippen LogP contribution is 2.24. The van der Waals surface area contributed by atoms with Crippen molar-refractivity contribution in [2.24, 2.45) is 0 Å². The van der Waals surface area contributed by atoms with Crippen molar-refractivity contribution in [2.45, 2.75) is 39.8 Å². The molecule has 0 bridgehead atoms. The van der Waals surface area contributed by atoms with Gasteiger partial charge in [0.1, 0.15) is 5.01 Å². The Kier molecular flexibility index (Phi) is 3.83. The second kappa shape index (κ2) is 5.21. The van der Waals surface area contributed by atoms with E-state index in [1.807, 2.05) is 0 Å². The van der Waals surface area contributed by atoms with Crippen LogP contribution in [0.1, 0.15) is 32.0 Å². The van der Waals surface area contributed by atoms with Crippen molar-refractivity contribution >= 4 is 11.3 Å². The summed E-state index contributed by atoms with van der Waals surface area (Å²) in [6.45, 7) is 9.44. The van der Waals surface area contributed by atoms with Crippen LogP contribution in [-0.2, 0) is 6.54 Å². The molecule has 0 aliphatic heterocycles. The number of thiazole rings is 1. The molecule has 2 aromatic rings. The molecule has 0 fully saturated rings. The molecule has 0 saturated carbocycles. The normalized spacial score (nSPS) is 11.8. The van der Waals surface area contributed by atoms with Crippen LogP contribution in [0.4, 0.5) is 0 Å². The summed E-state index contributed by atoms with van der Waals surface area (Å²) >= 11 is 1.71. The largest absolute Gasteiger partial charge is 0.306 e. The molecule has 0 atom stereocenters. The van der Waals surface area contributed by atoms with Gasteiger partial charge in [0.2, 0.25) is 0 Å². The lowest BCUT2D eigenvalue weighted by atomic mass is 10.1.